The molecule has 1 atom stereocenters. The molecule has 0 saturated carbocycles. The third-order valence-electron chi connectivity index (χ3n) is 4.52. The number of carbonyl (C=O) groups excluding carboxylic acids is 1. The number of rotatable bonds is 6. The monoisotopic (exact) mass is 367 g/mol. The van der Waals surface area contributed by atoms with Crippen LogP contribution in [0.25, 0.3) is 17.0 Å². The largest absolute Gasteiger partial charge is 0.457 e. The summed E-state index contributed by atoms with van der Waals surface area (Å²) < 4.78 is 11.5. The van der Waals surface area contributed by atoms with Gasteiger partial charge in [0.25, 0.3) is 0 Å². The molecule has 4 rings (SSSR count). The smallest absolute Gasteiger partial charge is 0.247 e. The van der Waals surface area contributed by atoms with Crippen molar-refractivity contribution in [3.05, 3.63) is 64.6 Å². The van der Waals surface area contributed by atoms with E-state index in [-0.39, 0.29) is 12.0 Å². The van der Waals surface area contributed by atoms with Crippen molar-refractivity contribution in [1.29, 1.82) is 0 Å². The number of amides is 1. The molecule has 2 aromatic heterocycles. The number of fused-ring (bicyclic) bond motifs is 1. The Morgan fingerprint density at radius 3 is 2.96 bits per heavy atom. The fourth-order valence-corrected chi connectivity index (χ4v) is 3.92. The van der Waals surface area contributed by atoms with Gasteiger partial charge in [0.2, 0.25) is 5.91 Å². The van der Waals surface area contributed by atoms with E-state index in [9.17, 15) is 4.79 Å². The van der Waals surface area contributed by atoms with Gasteiger partial charge in [0.05, 0.1) is 12.6 Å². The molecule has 134 valence electrons. The number of ether oxygens (including phenoxy) is 1. The number of benzene rings is 1. The Morgan fingerprint density at radius 2 is 2.19 bits per heavy atom. The highest BCUT2D eigenvalue weighted by Crippen LogP contribution is 2.21. The van der Waals surface area contributed by atoms with Gasteiger partial charge in [-0.25, -0.2) is 0 Å². The van der Waals surface area contributed by atoms with E-state index in [4.69, 9.17) is 9.15 Å². The van der Waals surface area contributed by atoms with Gasteiger partial charge in [-0.3, -0.25) is 4.79 Å². The Kier molecular flexibility index (Phi) is 5.18. The second-order valence-electron chi connectivity index (χ2n) is 6.45. The maximum absolute atomic E-state index is 12.8. The number of furan rings is 1. The van der Waals surface area contributed by atoms with Crippen molar-refractivity contribution in [3.8, 4) is 0 Å². The first-order valence-electron chi connectivity index (χ1n) is 8.87. The first kappa shape index (κ1) is 17.1. The lowest BCUT2D eigenvalue weighted by Crippen LogP contribution is -2.35. The Morgan fingerprint density at radius 1 is 1.27 bits per heavy atom. The van der Waals surface area contributed by atoms with Gasteiger partial charge < -0.3 is 14.1 Å². The van der Waals surface area contributed by atoms with E-state index in [1.165, 1.54) is 4.88 Å². The van der Waals surface area contributed by atoms with Gasteiger partial charge in [0.15, 0.2) is 0 Å². The lowest BCUT2D eigenvalue weighted by atomic mass is 10.2. The Balaban J connectivity index is 1.48. The molecule has 0 bridgehead atoms. The van der Waals surface area contributed by atoms with Crippen molar-refractivity contribution >= 4 is 34.3 Å². The number of nitrogens with zero attached hydrogens (tertiary/aromatic N) is 1. The highest BCUT2D eigenvalue weighted by Gasteiger charge is 2.22. The van der Waals surface area contributed by atoms with Crippen molar-refractivity contribution in [2.24, 2.45) is 0 Å². The third-order valence-corrected chi connectivity index (χ3v) is 5.38. The van der Waals surface area contributed by atoms with Crippen LogP contribution < -0.4 is 0 Å². The predicted octanol–water partition coefficient (Wildman–Crippen LogP) is 4.72. The van der Waals surface area contributed by atoms with Crippen LogP contribution in [0.4, 0.5) is 0 Å². The summed E-state index contributed by atoms with van der Waals surface area (Å²) in [4.78, 5) is 15.8. The van der Waals surface area contributed by atoms with Crippen molar-refractivity contribution in [1.82, 2.24) is 4.90 Å². The first-order chi connectivity index (χ1) is 12.8. The molecule has 26 heavy (non-hydrogen) atoms. The molecule has 1 amide bonds. The lowest BCUT2D eigenvalue weighted by Gasteiger charge is -2.23. The fraction of sp³-hybridized carbons (Fsp3) is 0.286. The number of carbonyl (C=O) groups is 1. The fourth-order valence-electron chi connectivity index (χ4n) is 3.20. The number of hydrogen-bond acceptors (Lipinski definition) is 4. The zero-order valence-electron chi connectivity index (χ0n) is 14.5. The number of thiophene rings is 1. The molecule has 0 aliphatic carbocycles. The zero-order valence-corrected chi connectivity index (χ0v) is 15.3. The number of para-hydroxylation sites is 1. The SMILES string of the molecule is O=C(/C=C/c1cc2ccccc2o1)N(Cc1cccs1)CC1CCCO1. The van der Waals surface area contributed by atoms with E-state index in [1.54, 1.807) is 23.5 Å². The topological polar surface area (TPSA) is 42.7 Å². The van der Waals surface area contributed by atoms with E-state index in [1.807, 2.05) is 46.7 Å². The summed E-state index contributed by atoms with van der Waals surface area (Å²) in [5.74, 6) is 0.669. The molecule has 3 aromatic rings. The molecule has 0 N–H and O–H groups in total. The lowest BCUT2D eigenvalue weighted by molar-refractivity contribution is -0.128. The maximum Gasteiger partial charge on any atom is 0.247 e. The zero-order chi connectivity index (χ0) is 17.8. The van der Waals surface area contributed by atoms with Gasteiger partial charge in [0.1, 0.15) is 11.3 Å². The number of hydrogen-bond donors (Lipinski definition) is 0. The van der Waals surface area contributed by atoms with Crippen LogP contribution >= 0.6 is 11.3 Å². The van der Waals surface area contributed by atoms with Gasteiger partial charge in [-0.15, -0.1) is 11.3 Å². The molecule has 0 radical (unpaired) electrons. The standard InChI is InChI=1S/C21H21NO3S/c23-21(10-9-17-13-16-5-1-2-8-20(16)25-17)22(14-18-6-3-11-24-18)15-19-7-4-12-26-19/h1-2,4-5,7-10,12-13,18H,3,6,11,14-15H2/b10-9+. The molecule has 1 fully saturated rings. The molecule has 1 unspecified atom stereocenters. The van der Waals surface area contributed by atoms with Crippen LogP contribution in [0, 0.1) is 0 Å². The Bertz CT molecular complexity index is 858. The normalized spacial score (nSPS) is 17.3. The van der Waals surface area contributed by atoms with Crippen molar-refractivity contribution in [2.75, 3.05) is 13.2 Å². The summed E-state index contributed by atoms with van der Waals surface area (Å²) in [7, 11) is 0. The van der Waals surface area contributed by atoms with Gasteiger partial charge >= 0.3 is 0 Å². The van der Waals surface area contributed by atoms with E-state index in [2.05, 4.69) is 6.07 Å². The molecule has 0 spiro atoms. The van der Waals surface area contributed by atoms with Gasteiger partial charge in [-0.1, -0.05) is 24.3 Å². The second-order valence-corrected chi connectivity index (χ2v) is 7.49. The molecular weight excluding hydrogens is 346 g/mol. The Hall–Kier alpha value is -2.37. The summed E-state index contributed by atoms with van der Waals surface area (Å²) in [5, 5.41) is 3.07. The molecule has 3 heterocycles. The summed E-state index contributed by atoms with van der Waals surface area (Å²) in [6.45, 7) is 2.03. The van der Waals surface area contributed by atoms with Gasteiger partial charge in [-0.2, -0.15) is 0 Å². The van der Waals surface area contributed by atoms with Crippen molar-refractivity contribution < 1.29 is 13.9 Å². The molecule has 4 nitrogen and oxygen atoms in total. The quantitative estimate of drug-likeness (QED) is 0.592. The molecule has 1 aromatic carbocycles. The van der Waals surface area contributed by atoms with Crippen LogP contribution in [0.15, 0.2) is 58.3 Å². The average molecular weight is 367 g/mol. The summed E-state index contributed by atoms with van der Waals surface area (Å²) >= 11 is 1.67. The predicted molar refractivity (Wildman–Crippen MR) is 104 cm³/mol. The molecule has 1 aliphatic rings. The van der Waals surface area contributed by atoms with Gasteiger partial charge in [0, 0.05) is 29.5 Å². The van der Waals surface area contributed by atoms with Crippen LogP contribution in [0.2, 0.25) is 0 Å². The first-order valence-corrected chi connectivity index (χ1v) is 9.75. The van der Waals surface area contributed by atoms with Crippen molar-refractivity contribution in [2.45, 2.75) is 25.5 Å². The van der Waals surface area contributed by atoms with Crippen LogP contribution in [0.1, 0.15) is 23.5 Å². The highest BCUT2D eigenvalue weighted by atomic mass is 32.1. The molecule has 1 aliphatic heterocycles. The Labute approximate surface area is 156 Å². The van der Waals surface area contributed by atoms with Crippen LogP contribution in [-0.4, -0.2) is 30.1 Å². The van der Waals surface area contributed by atoms with Crippen LogP contribution in [0.3, 0.4) is 0 Å². The highest BCUT2D eigenvalue weighted by molar-refractivity contribution is 7.09. The van der Waals surface area contributed by atoms with E-state index in [0.29, 0.717) is 18.8 Å². The molecule has 5 heteroatoms. The van der Waals surface area contributed by atoms with Crippen LogP contribution in [0.5, 0.6) is 0 Å². The summed E-state index contributed by atoms with van der Waals surface area (Å²) in [6, 6.07) is 13.9. The van der Waals surface area contributed by atoms with E-state index in [0.717, 1.165) is 30.4 Å². The second kappa shape index (κ2) is 7.89. The minimum atomic E-state index is -0.0191. The summed E-state index contributed by atoms with van der Waals surface area (Å²) in [6.07, 6.45) is 5.57. The van der Waals surface area contributed by atoms with Crippen LogP contribution in [-0.2, 0) is 16.1 Å². The van der Waals surface area contributed by atoms with Gasteiger partial charge in [-0.05, 0) is 42.5 Å². The minimum absolute atomic E-state index is 0.0191. The average Bonchev–Trinajstić information content (AvgIpc) is 3.40. The third kappa shape index (κ3) is 4.06. The van der Waals surface area contributed by atoms with Crippen molar-refractivity contribution in [3.63, 3.8) is 0 Å². The summed E-state index contributed by atoms with van der Waals surface area (Å²) in [5.41, 5.74) is 0.828. The maximum atomic E-state index is 12.8. The minimum Gasteiger partial charge on any atom is -0.457 e. The van der Waals surface area contributed by atoms with E-state index >= 15 is 0 Å². The van der Waals surface area contributed by atoms with E-state index < -0.39 is 0 Å². The molecule has 1 saturated heterocycles. The molecular formula is C21H21NO3S.